The van der Waals surface area contributed by atoms with Crippen molar-refractivity contribution in [2.45, 2.75) is 36.6 Å². The Morgan fingerprint density at radius 3 is 2.67 bits per heavy atom. The van der Waals surface area contributed by atoms with Crippen molar-refractivity contribution in [1.29, 1.82) is 0 Å². The molecule has 1 N–H and O–H groups in total. The van der Waals surface area contributed by atoms with Crippen molar-refractivity contribution in [2.75, 3.05) is 4.72 Å². The average molecular weight is 480 g/mol. The van der Waals surface area contributed by atoms with E-state index in [1.165, 1.54) is 23.9 Å². The molecule has 0 fully saturated rings. The molecule has 0 saturated heterocycles. The van der Waals surface area contributed by atoms with Gasteiger partial charge in [0, 0.05) is 23.3 Å². The van der Waals surface area contributed by atoms with E-state index in [1.54, 1.807) is 18.2 Å². The maximum atomic E-state index is 12.9. The first-order chi connectivity index (χ1) is 15.8. The number of imidazole rings is 1. The minimum Gasteiger partial charge on any atom is -0.431 e. The third-order valence-corrected chi connectivity index (χ3v) is 7.42. The highest BCUT2D eigenvalue weighted by Crippen LogP contribution is 2.28. The van der Waals surface area contributed by atoms with Gasteiger partial charge in [0.1, 0.15) is 5.52 Å². The molecule has 33 heavy (non-hydrogen) atoms. The van der Waals surface area contributed by atoms with Crippen LogP contribution < -0.4 is 4.72 Å². The van der Waals surface area contributed by atoms with Crippen molar-refractivity contribution in [3.05, 3.63) is 77.4 Å². The van der Waals surface area contributed by atoms with Crippen LogP contribution in [0.5, 0.6) is 0 Å². The van der Waals surface area contributed by atoms with E-state index < -0.39 is 10.0 Å². The lowest BCUT2D eigenvalue weighted by Crippen LogP contribution is -2.13. The Morgan fingerprint density at radius 2 is 1.85 bits per heavy atom. The highest BCUT2D eigenvalue weighted by molar-refractivity contribution is 7.98. The zero-order valence-corrected chi connectivity index (χ0v) is 19.9. The number of nitrogens with zero attached hydrogens (tertiary/aromatic N) is 4. The Balaban J connectivity index is 1.36. The number of sulfonamides is 1. The van der Waals surface area contributed by atoms with Gasteiger partial charge >= 0.3 is 0 Å². The van der Waals surface area contributed by atoms with Gasteiger partial charge in [-0.1, -0.05) is 30.0 Å². The maximum absolute atomic E-state index is 12.9. The molecule has 168 valence electrons. The average Bonchev–Trinajstić information content (AvgIpc) is 3.36. The maximum Gasteiger partial charge on any atom is 0.261 e. The minimum atomic E-state index is -3.75. The number of rotatable bonds is 6. The Hall–Kier alpha value is -3.37. The third-order valence-electron chi connectivity index (χ3n) is 5.19. The summed E-state index contributed by atoms with van der Waals surface area (Å²) in [6.45, 7) is 5.81. The van der Waals surface area contributed by atoms with Crippen molar-refractivity contribution in [2.24, 2.45) is 0 Å². The molecule has 3 aromatic heterocycles. The second-order valence-electron chi connectivity index (χ2n) is 7.76. The van der Waals surface area contributed by atoms with Gasteiger partial charge in [0.15, 0.2) is 5.58 Å². The van der Waals surface area contributed by atoms with Crippen molar-refractivity contribution >= 4 is 44.3 Å². The van der Waals surface area contributed by atoms with Gasteiger partial charge in [0.2, 0.25) is 5.78 Å². The highest BCUT2D eigenvalue weighted by atomic mass is 32.2. The first kappa shape index (κ1) is 21.5. The molecular formula is C23H21N5O3S2. The Kier molecular flexibility index (Phi) is 5.34. The summed E-state index contributed by atoms with van der Waals surface area (Å²) in [7, 11) is -3.75. The van der Waals surface area contributed by atoms with E-state index in [4.69, 9.17) is 4.42 Å². The first-order valence-electron chi connectivity index (χ1n) is 10.2. The van der Waals surface area contributed by atoms with Gasteiger partial charge < -0.3 is 4.42 Å². The van der Waals surface area contributed by atoms with E-state index in [9.17, 15) is 8.42 Å². The molecule has 0 aliphatic rings. The fourth-order valence-corrected chi connectivity index (χ4v) is 5.40. The summed E-state index contributed by atoms with van der Waals surface area (Å²) in [6.07, 6.45) is 1.95. The summed E-state index contributed by atoms with van der Waals surface area (Å²) in [4.78, 5) is 13.6. The molecule has 0 spiro atoms. The van der Waals surface area contributed by atoms with Crippen LogP contribution in [0.2, 0.25) is 0 Å². The SMILES string of the molecule is Cc1cc(C)n2cc(CSc3nc4cc(S(=O)(=O)Nc5ccccc5C)ccc4o3)nc2n1. The number of oxazole rings is 1. The fourth-order valence-electron chi connectivity index (χ4n) is 3.53. The summed E-state index contributed by atoms with van der Waals surface area (Å²) in [6, 6.07) is 13.9. The van der Waals surface area contributed by atoms with Crippen molar-refractivity contribution in [3.63, 3.8) is 0 Å². The monoisotopic (exact) mass is 479 g/mol. The third kappa shape index (κ3) is 4.31. The molecule has 0 aliphatic carbocycles. The zero-order chi connectivity index (χ0) is 23.2. The fraction of sp³-hybridized carbons (Fsp3) is 0.174. The number of hydrogen-bond donors (Lipinski definition) is 1. The summed E-state index contributed by atoms with van der Waals surface area (Å²) in [5, 5.41) is 0.448. The molecule has 0 bridgehead atoms. The second kappa shape index (κ2) is 8.20. The van der Waals surface area contributed by atoms with E-state index in [0.717, 1.165) is 22.6 Å². The van der Waals surface area contributed by atoms with Gasteiger partial charge in [-0.05, 0) is 56.7 Å². The van der Waals surface area contributed by atoms with E-state index in [2.05, 4.69) is 19.7 Å². The lowest BCUT2D eigenvalue weighted by molar-refractivity contribution is 0.489. The van der Waals surface area contributed by atoms with Crippen molar-refractivity contribution in [3.8, 4) is 0 Å². The number of aromatic nitrogens is 4. The lowest BCUT2D eigenvalue weighted by atomic mass is 10.2. The van der Waals surface area contributed by atoms with Crippen LogP contribution in [0.15, 0.2) is 69.3 Å². The number of para-hydroxylation sites is 1. The summed E-state index contributed by atoms with van der Waals surface area (Å²) >= 11 is 1.40. The van der Waals surface area contributed by atoms with Gasteiger partial charge in [0.05, 0.1) is 16.3 Å². The van der Waals surface area contributed by atoms with Crippen molar-refractivity contribution < 1.29 is 12.8 Å². The molecule has 10 heteroatoms. The number of thioether (sulfide) groups is 1. The van der Waals surface area contributed by atoms with Gasteiger partial charge in [-0.2, -0.15) is 0 Å². The van der Waals surface area contributed by atoms with Crippen LogP contribution in [0.25, 0.3) is 16.9 Å². The molecular weight excluding hydrogens is 458 g/mol. The first-order valence-corrected chi connectivity index (χ1v) is 12.7. The Bertz CT molecular complexity index is 1610. The van der Waals surface area contributed by atoms with Crippen LogP contribution in [-0.4, -0.2) is 27.8 Å². The second-order valence-corrected chi connectivity index (χ2v) is 10.4. The van der Waals surface area contributed by atoms with E-state index in [0.29, 0.717) is 33.5 Å². The molecule has 2 aromatic carbocycles. The normalized spacial score (nSPS) is 12.0. The molecule has 5 rings (SSSR count). The molecule has 0 atom stereocenters. The summed E-state index contributed by atoms with van der Waals surface area (Å²) in [5.74, 6) is 1.21. The van der Waals surface area contributed by atoms with Crippen LogP contribution in [0.1, 0.15) is 22.6 Å². The van der Waals surface area contributed by atoms with Crippen LogP contribution in [0.4, 0.5) is 5.69 Å². The lowest BCUT2D eigenvalue weighted by Gasteiger charge is -2.10. The summed E-state index contributed by atoms with van der Waals surface area (Å²) < 4.78 is 36.1. The predicted molar refractivity (Wildman–Crippen MR) is 128 cm³/mol. The molecule has 8 nitrogen and oxygen atoms in total. The molecule has 0 aliphatic heterocycles. The predicted octanol–water partition coefficient (Wildman–Crippen LogP) is 4.89. The van der Waals surface area contributed by atoms with Gasteiger partial charge in [-0.3, -0.25) is 9.12 Å². The molecule has 0 saturated carbocycles. The van der Waals surface area contributed by atoms with Gasteiger partial charge in [-0.25, -0.2) is 23.4 Å². The number of anilines is 1. The van der Waals surface area contributed by atoms with Crippen LogP contribution in [-0.2, 0) is 15.8 Å². The molecule has 0 unspecified atom stereocenters. The smallest absolute Gasteiger partial charge is 0.261 e. The van der Waals surface area contributed by atoms with Crippen LogP contribution in [0.3, 0.4) is 0 Å². The van der Waals surface area contributed by atoms with Crippen LogP contribution in [0, 0.1) is 20.8 Å². The zero-order valence-electron chi connectivity index (χ0n) is 18.2. The number of fused-ring (bicyclic) bond motifs is 2. The molecule has 3 heterocycles. The Labute approximate surface area is 195 Å². The molecule has 0 radical (unpaired) electrons. The molecule has 5 aromatic rings. The minimum absolute atomic E-state index is 0.125. The summed E-state index contributed by atoms with van der Waals surface area (Å²) in [5.41, 5.74) is 5.23. The van der Waals surface area contributed by atoms with E-state index in [-0.39, 0.29) is 4.90 Å². The Morgan fingerprint density at radius 1 is 1.03 bits per heavy atom. The van der Waals surface area contributed by atoms with Crippen molar-refractivity contribution in [1.82, 2.24) is 19.4 Å². The number of hydrogen-bond acceptors (Lipinski definition) is 7. The largest absolute Gasteiger partial charge is 0.431 e. The number of aryl methyl sites for hydroxylation is 3. The number of benzene rings is 2. The molecule has 0 amide bonds. The number of nitrogens with one attached hydrogen (secondary N) is 1. The standard InChI is InChI=1S/C23H21N5O3S2/c1-14-6-4-5-7-19(14)27-33(29,30)18-8-9-21-20(11-18)26-23(31-21)32-13-17-12-28-16(3)10-15(2)24-22(28)25-17/h4-12,27H,13H2,1-3H3. The van der Waals surface area contributed by atoms with Gasteiger partial charge in [0.25, 0.3) is 15.2 Å². The van der Waals surface area contributed by atoms with Gasteiger partial charge in [-0.15, -0.1) is 0 Å². The topological polar surface area (TPSA) is 102 Å². The highest BCUT2D eigenvalue weighted by Gasteiger charge is 2.18. The van der Waals surface area contributed by atoms with E-state index in [1.807, 2.05) is 49.6 Å². The quantitative estimate of drug-likeness (QED) is 0.346. The van der Waals surface area contributed by atoms with E-state index >= 15 is 0 Å². The van der Waals surface area contributed by atoms with Crippen LogP contribution >= 0.6 is 11.8 Å².